The number of fused-ring (bicyclic) bond motifs is 1. The van der Waals surface area contributed by atoms with Gasteiger partial charge in [0.15, 0.2) is 5.78 Å². The van der Waals surface area contributed by atoms with E-state index in [4.69, 9.17) is 4.74 Å². The van der Waals surface area contributed by atoms with Crippen LogP contribution in [0.3, 0.4) is 0 Å². The second-order valence-corrected chi connectivity index (χ2v) is 6.91. The van der Waals surface area contributed by atoms with Gasteiger partial charge in [-0.1, -0.05) is 0 Å². The molecule has 2 amide bonds. The fourth-order valence-corrected chi connectivity index (χ4v) is 3.37. The molecule has 3 rings (SSSR count). The number of ether oxygens (including phenoxy) is 1. The molecule has 1 unspecified atom stereocenters. The number of ketones is 1. The third kappa shape index (κ3) is 3.97. The molecule has 8 heteroatoms. The maximum absolute atomic E-state index is 13.6. The molecule has 1 atom stereocenters. The number of H-pyrrole nitrogens is 1. The Hall–Kier alpha value is -3.26. The number of hydrogen-bond acceptors (Lipinski definition) is 4. The highest BCUT2D eigenvalue weighted by Gasteiger charge is 2.26. The number of benzene rings is 1. The highest BCUT2D eigenvalue weighted by Crippen LogP contribution is 2.34. The summed E-state index contributed by atoms with van der Waals surface area (Å²) in [5.74, 6) is -1.32. The minimum atomic E-state index is -0.714. The molecule has 0 saturated carbocycles. The van der Waals surface area contributed by atoms with E-state index in [-0.39, 0.29) is 24.1 Å². The van der Waals surface area contributed by atoms with E-state index in [0.29, 0.717) is 39.3 Å². The predicted octanol–water partition coefficient (Wildman–Crippen LogP) is 2.60. The Kier molecular flexibility index (Phi) is 5.65. The first kappa shape index (κ1) is 20.5. The van der Waals surface area contributed by atoms with Crippen molar-refractivity contribution < 1.29 is 23.5 Å². The summed E-state index contributed by atoms with van der Waals surface area (Å²) >= 11 is 0. The number of hydrogen-bond donors (Lipinski definition) is 3. The summed E-state index contributed by atoms with van der Waals surface area (Å²) in [6.45, 7) is 4.94. The van der Waals surface area contributed by atoms with E-state index in [1.807, 2.05) is 0 Å². The summed E-state index contributed by atoms with van der Waals surface area (Å²) in [4.78, 5) is 39.5. The molecule has 0 radical (unpaired) electrons. The van der Waals surface area contributed by atoms with E-state index in [0.717, 1.165) is 0 Å². The second-order valence-electron chi connectivity index (χ2n) is 6.91. The lowest BCUT2D eigenvalue weighted by Crippen LogP contribution is -2.37. The van der Waals surface area contributed by atoms with Crippen molar-refractivity contribution in [3.05, 3.63) is 52.1 Å². The van der Waals surface area contributed by atoms with Crippen LogP contribution in [0.1, 0.15) is 39.8 Å². The summed E-state index contributed by atoms with van der Waals surface area (Å²) < 4.78 is 18.7. The van der Waals surface area contributed by atoms with E-state index in [1.54, 1.807) is 19.9 Å². The van der Waals surface area contributed by atoms with Crippen LogP contribution >= 0.6 is 0 Å². The zero-order chi connectivity index (χ0) is 21.3. The molecule has 1 aliphatic heterocycles. The molecule has 7 nitrogen and oxygen atoms in total. The van der Waals surface area contributed by atoms with Crippen molar-refractivity contribution in [2.24, 2.45) is 0 Å². The highest BCUT2D eigenvalue weighted by atomic mass is 19.1. The Labute approximate surface area is 167 Å². The average molecular weight is 399 g/mol. The normalized spacial score (nSPS) is 15.2. The first-order valence-electron chi connectivity index (χ1n) is 9.06. The molecule has 2 aromatic rings. The summed E-state index contributed by atoms with van der Waals surface area (Å²) in [6, 6.07) is 4.09. The van der Waals surface area contributed by atoms with Crippen molar-refractivity contribution in [1.82, 2.24) is 10.3 Å². The zero-order valence-electron chi connectivity index (χ0n) is 16.6. The van der Waals surface area contributed by atoms with Crippen LogP contribution in [0.25, 0.3) is 11.6 Å². The van der Waals surface area contributed by atoms with Crippen molar-refractivity contribution in [2.75, 3.05) is 19.0 Å². The molecule has 1 aromatic heterocycles. The third-order valence-electron chi connectivity index (χ3n) is 4.94. The molecule has 29 heavy (non-hydrogen) atoms. The topological polar surface area (TPSA) is 100 Å². The quantitative estimate of drug-likeness (QED) is 0.650. The average Bonchev–Trinajstić information content (AvgIpc) is 3.11. The Balaban J connectivity index is 1.90. The maximum Gasteiger partial charge on any atom is 0.256 e. The van der Waals surface area contributed by atoms with Gasteiger partial charge >= 0.3 is 0 Å². The number of carbonyl (C=O) groups is 3. The number of nitrogens with one attached hydrogen (secondary N) is 3. The highest BCUT2D eigenvalue weighted by molar-refractivity contribution is 6.34. The number of rotatable bonds is 6. The van der Waals surface area contributed by atoms with Crippen LogP contribution < -0.4 is 10.6 Å². The fourth-order valence-electron chi connectivity index (χ4n) is 3.37. The van der Waals surface area contributed by atoms with Crippen LogP contribution in [0.4, 0.5) is 10.1 Å². The standard InChI is InChI=1S/C21H22FN3O4/c1-10-17(8-15-14-7-13(22)5-6-16(14)25-20(15)27)24-11(2)19(10)21(28)23-9-18(29-4)12(3)26/h5-8,18,24H,9H2,1-4H3,(H,23,28)(H,25,27)/b15-8-. The number of halogens is 1. The maximum atomic E-state index is 13.6. The van der Waals surface area contributed by atoms with Gasteiger partial charge < -0.3 is 20.4 Å². The Morgan fingerprint density at radius 3 is 2.69 bits per heavy atom. The summed E-state index contributed by atoms with van der Waals surface area (Å²) in [5.41, 5.74) is 3.57. The third-order valence-corrected chi connectivity index (χ3v) is 4.94. The lowest BCUT2D eigenvalue weighted by atomic mass is 10.0. The molecule has 0 spiro atoms. The Bertz CT molecular complexity index is 1040. The monoisotopic (exact) mass is 399 g/mol. The van der Waals surface area contributed by atoms with E-state index in [2.05, 4.69) is 15.6 Å². The Morgan fingerprint density at radius 1 is 1.31 bits per heavy atom. The zero-order valence-corrected chi connectivity index (χ0v) is 16.6. The number of aromatic amines is 1. The molecular weight excluding hydrogens is 377 g/mol. The van der Waals surface area contributed by atoms with Gasteiger partial charge in [0.25, 0.3) is 11.8 Å². The van der Waals surface area contributed by atoms with Gasteiger partial charge in [-0.25, -0.2) is 4.39 Å². The van der Waals surface area contributed by atoms with Crippen molar-refractivity contribution in [3.8, 4) is 0 Å². The number of anilines is 1. The molecule has 152 valence electrons. The van der Waals surface area contributed by atoms with Gasteiger partial charge in [-0.2, -0.15) is 0 Å². The lowest BCUT2D eigenvalue weighted by molar-refractivity contribution is -0.126. The molecule has 0 saturated heterocycles. The van der Waals surface area contributed by atoms with Crippen LogP contribution in [-0.4, -0.2) is 42.3 Å². The molecular formula is C21H22FN3O4. The van der Waals surface area contributed by atoms with Crippen LogP contribution in [0.2, 0.25) is 0 Å². The first-order valence-corrected chi connectivity index (χ1v) is 9.06. The van der Waals surface area contributed by atoms with Crippen molar-refractivity contribution >= 4 is 34.9 Å². The molecule has 2 heterocycles. The lowest BCUT2D eigenvalue weighted by Gasteiger charge is -2.13. The number of carbonyl (C=O) groups excluding carboxylic acids is 3. The van der Waals surface area contributed by atoms with Gasteiger partial charge in [0.2, 0.25) is 0 Å². The van der Waals surface area contributed by atoms with E-state index >= 15 is 0 Å². The number of aryl methyl sites for hydroxylation is 1. The fraction of sp³-hybridized carbons (Fsp3) is 0.286. The van der Waals surface area contributed by atoms with Gasteiger partial charge in [-0.3, -0.25) is 14.4 Å². The summed E-state index contributed by atoms with van der Waals surface area (Å²) in [5, 5.41) is 5.39. The van der Waals surface area contributed by atoms with Gasteiger partial charge in [0.1, 0.15) is 11.9 Å². The number of aromatic nitrogens is 1. The Morgan fingerprint density at radius 2 is 2.03 bits per heavy atom. The van der Waals surface area contributed by atoms with E-state index in [1.165, 1.54) is 32.2 Å². The van der Waals surface area contributed by atoms with E-state index < -0.39 is 11.9 Å². The summed E-state index contributed by atoms with van der Waals surface area (Å²) in [7, 11) is 1.41. The van der Waals surface area contributed by atoms with Gasteiger partial charge in [-0.05, 0) is 50.6 Å². The molecule has 3 N–H and O–H groups in total. The largest absolute Gasteiger partial charge is 0.372 e. The minimum Gasteiger partial charge on any atom is -0.372 e. The van der Waals surface area contributed by atoms with Gasteiger partial charge in [0, 0.05) is 29.7 Å². The molecule has 0 fully saturated rings. The van der Waals surface area contributed by atoms with Crippen molar-refractivity contribution in [2.45, 2.75) is 26.9 Å². The van der Waals surface area contributed by atoms with Crippen LogP contribution in [-0.2, 0) is 14.3 Å². The first-order chi connectivity index (χ1) is 13.7. The predicted molar refractivity (Wildman–Crippen MR) is 107 cm³/mol. The van der Waals surface area contributed by atoms with Gasteiger partial charge in [0.05, 0.1) is 17.7 Å². The second kappa shape index (κ2) is 8.00. The molecule has 1 aromatic carbocycles. The van der Waals surface area contributed by atoms with Crippen LogP contribution in [0, 0.1) is 19.7 Å². The minimum absolute atomic E-state index is 0.0558. The van der Waals surface area contributed by atoms with Crippen molar-refractivity contribution in [3.63, 3.8) is 0 Å². The van der Waals surface area contributed by atoms with Crippen LogP contribution in [0.5, 0.6) is 0 Å². The van der Waals surface area contributed by atoms with Crippen molar-refractivity contribution in [1.29, 1.82) is 0 Å². The van der Waals surface area contributed by atoms with E-state index in [9.17, 15) is 18.8 Å². The molecule has 0 bridgehead atoms. The number of Topliss-reactive ketones (excluding diaryl/α,β-unsaturated/α-hetero) is 1. The van der Waals surface area contributed by atoms with Crippen LogP contribution in [0.15, 0.2) is 18.2 Å². The smallest absolute Gasteiger partial charge is 0.256 e. The SMILES string of the molecule is COC(CNC(=O)c1c(C)[nH]c(/C=C2\C(=O)Nc3ccc(F)cc32)c1C)C(C)=O. The number of amides is 2. The summed E-state index contributed by atoms with van der Waals surface area (Å²) in [6.07, 6.45) is 0.890. The number of methoxy groups -OCH3 is 1. The molecule has 1 aliphatic rings. The molecule has 0 aliphatic carbocycles. The van der Waals surface area contributed by atoms with Gasteiger partial charge in [-0.15, -0.1) is 0 Å².